The third-order valence-corrected chi connectivity index (χ3v) is 4.21. The summed E-state index contributed by atoms with van der Waals surface area (Å²) >= 11 is 0. The van der Waals surface area contributed by atoms with Crippen LogP contribution in [0.2, 0.25) is 0 Å². The third-order valence-electron chi connectivity index (χ3n) is 4.21. The molecule has 4 nitrogen and oxygen atoms in total. The van der Waals surface area contributed by atoms with E-state index in [-0.39, 0.29) is 18.0 Å². The summed E-state index contributed by atoms with van der Waals surface area (Å²) in [4.78, 5) is 26.8. The van der Waals surface area contributed by atoms with Crippen LogP contribution in [-0.2, 0) is 17.9 Å². The Bertz CT molecular complexity index is 929. The van der Waals surface area contributed by atoms with Crippen molar-refractivity contribution in [3.05, 3.63) is 82.3 Å². The topological polar surface area (TPSA) is 42.3 Å². The van der Waals surface area contributed by atoms with Crippen LogP contribution in [0.4, 0.5) is 0 Å². The minimum Gasteiger partial charge on any atom is -0.340 e. The first-order chi connectivity index (χ1) is 11.6. The molecule has 3 aromatic rings. The normalized spacial score (nSPS) is 10.8. The minimum absolute atomic E-state index is 0.0544. The molecule has 0 spiro atoms. The van der Waals surface area contributed by atoms with Crippen molar-refractivity contribution in [2.45, 2.75) is 20.0 Å². The van der Waals surface area contributed by atoms with Crippen LogP contribution in [0, 0.1) is 6.92 Å². The van der Waals surface area contributed by atoms with Crippen LogP contribution < -0.4 is 5.56 Å². The van der Waals surface area contributed by atoms with E-state index in [4.69, 9.17) is 0 Å². The van der Waals surface area contributed by atoms with E-state index in [2.05, 4.69) is 0 Å². The molecule has 1 aromatic heterocycles. The van der Waals surface area contributed by atoms with Gasteiger partial charge in [0.2, 0.25) is 5.91 Å². The monoisotopic (exact) mass is 320 g/mol. The number of hydrogen-bond donors (Lipinski definition) is 0. The molecule has 0 saturated heterocycles. The van der Waals surface area contributed by atoms with Crippen molar-refractivity contribution in [3.63, 3.8) is 0 Å². The molecule has 0 atom stereocenters. The number of amides is 1. The zero-order chi connectivity index (χ0) is 17.1. The van der Waals surface area contributed by atoms with Gasteiger partial charge in [-0.25, -0.2) is 0 Å². The summed E-state index contributed by atoms with van der Waals surface area (Å²) in [5, 5.41) is 1.54. The Kier molecular flexibility index (Phi) is 4.47. The number of likely N-dealkylation sites (N-methyl/N-ethyl adjacent to an activating group) is 1. The smallest absolute Gasteiger partial charge is 0.259 e. The van der Waals surface area contributed by atoms with E-state index in [1.54, 1.807) is 22.6 Å². The number of hydrogen-bond acceptors (Lipinski definition) is 2. The lowest BCUT2D eigenvalue weighted by Gasteiger charge is -2.19. The first-order valence-electron chi connectivity index (χ1n) is 7.93. The Morgan fingerprint density at radius 1 is 1.04 bits per heavy atom. The molecule has 24 heavy (non-hydrogen) atoms. The highest BCUT2D eigenvalue weighted by Gasteiger charge is 2.14. The van der Waals surface area contributed by atoms with Gasteiger partial charge in [-0.3, -0.25) is 9.59 Å². The average molecular weight is 320 g/mol. The second kappa shape index (κ2) is 6.71. The van der Waals surface area contributed by atoms with E-state index in [9.17, 15) is 9.59 Å². The van der Waals surface area contributed by atoms with Gasteiger partial charge in [0.05, 0.1) is 0 Å². The Balaban J connectivity index is 1.84. The summed E-state index contributed by atoms with van der Waals surface area (Å²) < 4.78 is 1.55. The van der Waals surface area contributed by atoms with E-state index >= 15 is 0 Å². The fourth-order valence-electron chi connectivity index (χ4n) is 2.82. The van der Waals surface area contributed by atoms with E-state index in [1.807, 2.05) is 61.5 Å². The first kappa shape index (κ1) is 16.0. The second-order valence-electron chi connectivity index (χ2n) is 6.00. The van der Waals surface area contributed by atoms with Crippen molar-refractivity contribution >= 4 is 16.7 Å². The van der Waals surface area contributed by atoms with E-state index in [1.165, 1.54) is 0 Å². The summed E-state index contributed by atoms with van der Waals surface area (Å²) in [6, 6.07) is 19.2. The van der Waals surface area contributed by atoms with Gasteiger partial charge in [-0.05, 0) is 30.0 Å². The highest BCUT2D eigenvalue weighted by molar-refractivity contribution is 5.82. The van der Waals surface area contributed by atoms with Crippen LogP contribution in [-0.4, -0.2) is 22.4 Å². The number of carbonyl (C=O) groups is 1. The molecule has 0 N–H and O–H groups in total. The first-order valence-corrected chi connectivity index (χ1v) is 7.93. The van der Waals surface area contributed by atoms with Crippen LogP contribution in [0.5, 0.6) is 0 Å². The third kappa shape index (κ3) is 3.23. The molecule has 0 saturated carbocycles. The largest absolute Gasteiger partial charge is 0.340 e. The zero-order valence-corrected chi connectivity index (χ0v) is 13.9. The van der Waals surface area contributed by atoms with Crippen LogP contribution in [0.1, 0.15) is 11.3 Å². The maximum Gasteiger partial charge on any atom is 0.259 e. The summed E-state index contributed by atoms with van der Waals surface area (Å²) in [7, 11) is 1.76. The van der Waals surface area contributed by atoms with Gasteiger partial charge in [-0.15, -0.1) is 0 Å². The van der Waals surface area contributed by atoms with Crippen molar-refractivity contribution in [2.24, 2.45) is 0 Å². The van der Waals surface area contributed by atoms with Crippen molar-refractivity contribution < 1.29 is 4.79 Å². The number of aromatic nitrogens is 1. The number of benzene rings is 2. The molecule has 3 rings (SSSR count). The molecular formula is C20H20N2O2. The van der Waals surface area contributed by atoms with Gasteiger partial charge in [-0.2, -0.15) is 0 Å². The van der Waals surface area contributed by atoms with Gasteiger partial charge in [0.15, 0.2) is 0 Å². The number of carbonyl (C=O) groups excluding carboxylic acids is 1. The Morgan fingerprint density at radius 3 is 2.46 bits per heavy atom. The number of pyridine rings is 1. The molecule has 122 valence electrons. The standard InChI is InChI=1S/C20H20N2O2/c1-15-12-17-10-6-7-11-18(17)20(24)22(15)14-19(23)21(2)13-16-8-4-3-5-9-16/h3-12H,13-14H2,1-2H3. The van der Waals surface area contributed by atoms with Crippen LogP contribution in [0.15, 0.2) is 65.5 Å². The van der Waals surface area contributed by atoms with Gasteiger partial charge in [0, 0.05) is 24.7 Å². The second-order valence-corrected chi connectivity index (χ2v) is 6.00. The fourth-order valence-corrected chi connectivity index (χ4v) is 2.82. The Labute approximate surface area is 141 Å². The van der Waals surface area contributed by atoms with Gasteiger partial charge in [0.25, 0.3) is 5.56 Å². The molecule has 0 unspecified atom stereocenters. The highest BCUT2D eigenvalue weighted by atomic mass is 16.2. The molecule has 0 aliphatic carbocycles. The minimum atomic E-state index is -0.118. The van der Waals surface area contributed by atoms with Crippen molar-refractivity contribution in [1.29, 1.82) is 0 Å². The van der Waals surface area contributed by atoms with Crippen molar-refractivity contribution in [3.8, 4) is 0 Å². The summed E-state index contributed by atoms with van der Waals surface area (Å²) in [5.41, 5.74) is 1.74. The molecule has 4 heteroatoms. The van der Waals surface area contributed by atoms with Crippen molar-refractivity contribution in [1.82, 2.24) is 9.47 Å². The average Bonchev–Trinajstić information content (AvgIpc) is 2.59. The van der Waals surface area contributed by atoms with Crippen molar-refractivity contribution in [2.75, 3.05) is 7.05 Å². The quantitative estimate of drug-likeness (QED) is 0.742. The van der Waals surface area contributed by atoms with Gasteiger partial charge in [-0.1, -0.05) is 48.5 Å². The molecule has 0 radical (unpaired) electrons. The fraction of sp³-hybridized carbons (Fsp3) is 0.200. The molecule has 2 aromatic carbocycles. The Morgan fingerprint density at radius 2 is 1.71 bits per heavy atom. The lowest BCUT2D eigenvalue weighted by Crippen LogP contribution is -2.34. The molecule has 0 bridgehead atoms. The van der Waals surface area contributed by atoms with E-state index < -0.39 is 0 Å². The molecule has 1 heterocycles. The Hall–Kier alpha value is -2.88. The lowest BCUT2D eigenvalue weighted by atomic mass is 10.1. The number of aryl methyl sites for hydroxylation is 1. The lowest BCUT2D eigenvalue weighted by molar-refractivity contribution is -0.131. The van der Waals surface area contributed by atoms with Gasteiger partial charge in [0.1, 0.15) is 6.54 Å². The summed E-state index contributed by atoms with van der Waals surface area (Å²) in [5.74, 6) is -0.0839. The number of rotatable bonds is 4. The zero-order valence-electron chi connectivity index (χ0n) is 13.9. The molecular weight excluding hydrogens is 300 g/mol. The molecule has 1 amide bonds. The SMILES string of the molecule is Cc1cc2ccccc2c(=O)n1CC(=O)N(C)Cc1ccccc1. The maximum absolute atomic E-state index is 12.7. The molecule has 0 aliphatic rings. The van der Waals surface area contributed by atoms with Crippen LogP contribution in [0.3, 0.4) is 0 Å². The number of fused-ring (bicyclic) bond motifs is 1. The number of nitrogens with zero attached hydrogens (tertiary/aromatic N) is 2. The van der Waals surface area contributed by atoms with Crippen LogP contribution >= 0.6 is 0 Å². The van der Waals surface area contributed by atoms with E-state index in [0.29, 0.717) is 11.9 Å². The summed E-state index contributed by atoms with van der Waals surface area (Å²) in [6.07, 6.45) is 0. The highest BCUT2D eigenvalue weighted by Crippen LogP contribution is 2.12. The van der Waals surface area contributed by atoms with Gasteiger partial charge < -0.3 is 9.47 Å². The predicted molar refractivity (Wildman–Crippen MR) is 95.9 cm³/mol. The summed E-state index contributed by atoms with van der Waals surface area (Å²) in [6.45, 7) is 2.44. The molecule has 0 fully saturated rings. The predicted octanol–water partition coefficient (Wildman–Crippen LogP) is 2.97. The molecule has 0 aliphatic heterocycles. The van der Waals surface area contributed by atoms with E-state index in [0.717, 1.165) is 16.6 Å². The van der Waals surface area contributed by atoms with Crippen LogP contribution in [0.25, 0.3) is 10.8 Å². The maximum atomic E-state index is 12.7. The van der Waals surface area contributed by atoms with Gasteiger partial charge >= 0.3 is 0 Å².